The molecule has 0 aliphatic heterocycles. The van der Waals surface area contributed by atoms with Gasteiger partial charge in [0.1, 0.15) is 0 Å². The van der Waals surface area contributed by atoms with Crippen molar-refractivity contribution in [3.8, 4) is 0 Å². The quantitative estimate of drug-likeness (QED) is 0.657. The van der Waals surface area contributed by atoms with E-state index in [2.05, 4.69) is 38.6 Å². The Bertz CT molecular complexity index is 374. The predicted octanol–water partition coefficient (Wildman–Crippen LogP) is 4.55. The van der Waals surface area contributed by atoms with Gasteiger partial charge in [0.25, 0.3) is 0 Å². The van der Waals surface area contributed by atoms with E-state index in [-0.39, 0.29) is 0 Å². The number of hydrogen-bond donors (Lipinski definition) is 0. The lowest BCUT2D eigenvalue weighted by Crippen LogP contribution is -2.11. The van der Waals surface area contributed by atoms with E-state index >= 15 is 0 Å². The van der Waals surface area contributed by atoms with E-state index in [4.69, 9.17) is 0 Å². The van der Waals surface area contributed by atoms with Crippen LogP contribution < -0.4 is 0 Å². The van der Waals surface area contributed by atoms with Gasteiger partial charge in [0, 0.05) is 0 Å². The summed E-state index contributed by atoms with van der Waals surface area (Å²) >= 11 is 0. The molecule has 0 heteroatoms. The fourth-order valence-electron chi connectivity index (χ4n) is 2.78. The summed E-state index contributed by atoms with van der Waals surface area (Å²) in [6.07, 6.45) is 5.23. The molecule has 0 fully saturated rings. The first kappa shape index (κ1) is 10.5. The van der Waals surface area contributed by atoms with E-state index in [9.17, 15) is 0 Å². The Morgan fingerprint density at radius 1 is 1.47 bits per heavy atom. The van der Waals surface area contributed by atoms with Gasteiger partial charge in [0.05, 0.1) is 0 Å². The van der Waals surface area contributed by atoms with Crippen LogP contribution in [-0.2, 0) is 6.42 Å². The fraction of sp³-hybridized carbons (Fsp3) is 0.467. The van der Waals surface area contributed by atoms with Crippen molar-refractivity contribution in [3.05, 3.63) is 41.5 Å². The number of aryl methyl sites for hydroxylation is 1. The highest BCUT2D eigenvalue weighted by Crippen LogP contribution is 2.37. The summed E-state index contributed by atoms with van der Waals surface area (Å²) in [5.74, 6) is 0.765. The summed E-state index contributed by atoms with van der Waals surface area (Å²) < 4.78 is 0. The Morgan fingerprint density at radius 3 is 2.93 bits per heavy atom. The molecule has 1 aliphatic rings. The van der Waals surface area contributed by atoms with Gasteiger partial charge in [-0.1, -0.05) is 37.3 Å². The molecule has 2 rings (SSSR count). The monoisotopic (exact) mass is 200 g/mol. The highest BCUT2D eigenvalue weighted by molar-refractivity contribution is 5.66. The van der Waals surface area contributed by atoms with Crippen LogP contribution in [0.25, 0.3) is 5.57 Å². The van der Waals surface area contributed by atoms with E-state index in [1.54, 1.807) is 11.1 Å². The average molecular weight is 200 g/mol. The topological polar surface area (TPSA) is 0 Å². The summed E-state index contributed by atoms with van der Waals surface area (Å²) in [7, 11) is 0. The van der Waals surface area contributed by atoms with Gasteiger partial charge < -0.3 is 0 Å². The van der Waals surface area contributed by atoms with Crippen LogP contribution in [0.1, 0.15) is 55.7 Å². The Kier molecular flexibility index (Phi) is 2.95. The van der Waals surface area contributed by atoms with Crippen molar-refractivity contribution in [1.82, 2.24) is 0 Å². The Hall–Kier alpha value is -1.04. The molecule has 1 unspecified atom stereocenters. The minimum atomic E-state index is 0.765. The molecular formula is C15H20. The van der Waals surface area contributed by atoms with Crippen LogP contribution in [0.4, 0.5) is 0 Å². The third kappa shape index (κ3) is 1.86. The normalized spacial score (nSPS) is 19.7. The maximum atomic E-state index is 4.10. The van der Waals surface area contributed by atoms with Crippen LogP contribution in [0.3, 0.4) is 0 Å². The average Bonchev–Trinajstić information content (AvgIpc) is 2.27. The molecule has 1 aromatic carbocycles. The van der Waals surface area contributed by atoms with Crippen LogP contribution in [-0.4, -0.2) is 0 Å². The SMILES string of the molecule is C=C(C)c1cccc2c1C(CC)CCC2. The first-order valence-electron chi connectivity index (χ1n) is 6.01. The van der Waals surface area contributed by atoms with Crippen molar-refractivity contribution in [2.45, 2.75) is 45.4 Å². The lowest BCUT2D eigenvalue weighted by molar-refractivity contribution is 0.539. The first-order chi connectivity index (χ1) is 7.24. The van der Waals surface area contributed by atoms with Crippen LogP contribution >= 0.6 is 0 Å². The van der Waals surface area contributed by atoms with Crippen molar-refractivity contribution < 1.29 is 0 Å². The van der Waals surface area contributed by atoms with Crippen molar-refractivity contribution in [1.29, 1.82) is 0 Å². The van der Waals surface area contributed by atoms with Crippen LogP contribution in [0.15, 0.2) is 24.8 Å². The lowest BCUT2D eigenvalue weighted by Gasteiger charge is -2.27. The molecule has 0 bridgehead atoms. The maximum absolute atomic E-state index is 4.10. The van der Waals surface area contributed by atoms with E-state index in [0.717, 1.165) is 5.92 Å². The molecular weight excluding hydrogens is 180 g/mol. The molecule has 0 saturated heterocycles. The minimum absolute atomic E-state index is 0.765. The zero-order valence-corrected chi connectivity index (χ0v) is 9.84. The molecule has 0 heterocycles. The van der Waals surface area contributed by atoms with E-state index in [0.29, 0.717) is 0 Å². The number of benzene rings is 1. The van der Waals surface area contributed by atoms with Gasteiger partial charge in [0.15, 0.2) is 0 Å². The Morgan fingerprint density at radius 2 is 2.27 bits per heavy atom. The molecule has 0 saturated carbocycles. The zero-order valence-electron chi connectivity index (χ0n) is 9.84. The maximum Gasteiger partial charge on any atom is -0.0156 e. The largest absolute Gasteiger partial charge is 0.0955 e. The van der Waals surface area contributed by atoms with Gasteiger partial charge in [-0.2, -0.15) is 0 Å². The second-order valence-electron chi connectivity index (χ2n) is 4.66. The first-order valence-corrected chi connectivity index (χ1v) is 6.01. The third-order valence-corrected chi connectivity index (χ3v) is 3.56. The van der Waals surface area contributed by atoms with E-state index in [1.807, 2.05) is 0 Å². The fourth-order valence-corrected chi connectivity index (χ4v) is 2.78. The smallest absolute Gasteiger partial charge is 0.0156 e. The number of allylic oxidation sites excluding steroid dienone is 1. The van der Waals surface area contributed by atoms with Crippen LogP contribution in [0.5, 0.6) is 0 Å². The summed E-state index contributed by atoms with van der Waals surface area (Å²) in [6, 6.07) is 6.71. The van der Waals surface area contributed by atoms with E-state index in [1.165, 1.54) is 36.8 Å². The summed E-state index contributed by atoms with van der Waals surface area (Å²) in [5, 5.41) is 0. The molecule has 0 amide bonds. The van der Waals surface area contributed by atoms with Gasteiger partial charge >= 0.3 is 0 Å². The molecule has 1 aliphatic carbocycles. The van der Waals surface area contributed by atoms with Gasteiger partial charge in [-0.05, 0) is 55.2 Å². The van der Waals surface area contributed by atoms with Gasteiger partial charge in [0.2, 0.25) is 0 Å². The van der Waals surface area contributed by atoms with Crippen molar-refractivity contribution in [2.75, 3.05) is 0 Å². The standard InChI is InChI=1S/C15H20/c1-4-12-7-5-8-13-9-6-10-14(11(2)3)15(12)13/h6,9-10,12H,2,4-5,7-8H2,1,3H3. The molecule has 0 N–H and O–H groups in total. The second-order valence-corrected chi connectivity index (χ2v) is 4.66. The molecule has 0 radical (unpaired) electrons. The lowest BCUT2D eigenvalue weighted by atomic mass is 9.78. The van der Waals surface area contributed by atoms with E-state index < -0.39 is 0 Å². The number of fused-ring (bicyclic) bond motifs is 1. The summed E-state index contributed by atoms with van der Waals surface area (Å²) in [4.78, 5) is 0. The molecule has 0 nitrogen and oxygen atoms in total. The molecule has 1 aromatic rings. The molecule has 0 aromatic heterocycles. The number of hydrogen-bond acceptors (Lipinski definition) is 0. The number of rotatable bonds is 2. The summed E-state index contributed by atoms with van der Waals surface area (Å²) in [5.41, 5.74) is 5.78. The van der Waals surface area contributed by atoms with Gasteiger partial charge in [-0.3, -0.25) is 0 Å². The zero-order chi connectivity index (χ0) is 10.8. The molecule has 15 heavy (non-hydrogen) atoms. The van der Waals surface area contributed by atoms with Crippen molar-refractivity contribution in [3.63, 3.8) is 0 Å². The van der Waals surface area contributed by atoms with Crippen molar-refractivity contribution in [2.24, 2.45) is 0 Å². The second kappa shape index (κ2) is 4.22. The van der Waals surface area contributed by atoms with Gasteiger partial charge in [-0.15, -0.1) is 0 Å². The minimum Gasteiger partial charge on any atom is -0.0955 e. The Balaban J connectivity index is 2.54. The molecule has 0 spiro atoms. The molecule has 1 atom stereocenters. The highest BCUT2D eigenvalue weighted by atomic mass is 14.3. The van der Waals surface area contributed by atoms with Crippen molar-refractivity contribution >= 4 is 5.57 Å². The third-order valence-electron chi connectivity index (χ3n) is 3.56. The highest BCUT2D eigenvalue weighted by Gasteiger charge is 2.21. The van der Waals surface area contributed by atoms with Crippen LogP contribution in [0, 0.1) is 0 Å². The predicted molar refractivity (Wildman–Crippen MR) is 67.1 cm³/mol. The summed E-state index contributed by atoms with van der Waals surface area (Å²) in [6.45, 7) is 8.52. The van der Waals surface area contributed by atoms with Gasteiger partial charge in [-0.25, -0.2) is 0 Å². The molecule has 80 valence electrons. The van der Waals surface area contributed by atoms with Crippen LogP contribution in [0.2, 0.25) is 0 Å². The Labute approximate surface area is 93.0 Å².